The summed E-state index contributed by atoms with van der Waals surface area (Å²) in [5.74, 6) is -0.267. The number of nitro groups is 1. The topological polar surface area (TPSA) is 61.6 Å². The van der Waals surface area contributed by atoms with Gasteiger partial charge in [-0.25, -0.2) is 0 Å². The zero-order valence-corrected chi connectivity index (χ0v) is 12.9. The molecule has 0 aliphatic heterocycles. The standard InChI is InChI=1S/C8H8BF3NO4.K/c1-16-6-2-3-8(7(4-6)13(14)15)17-5-9(10,11)12;/h2-4H,5H2,1H3;/q-1;+1. The van der Waals surface area contributed by atoms with Gasteiger partial charge in [0.25, 0.3) is 0 Å². The fraction of sp³-hybridized carbons (Fsp3) is 0.250. The second-order valence-electron chi connectivity index (χ2n) is 3.11. The number of halogens is 3. The van der Waals surface area contributed by atoms with Gasteiger partial charge in [0.1, 0.15) is 5.75 Å². The summed E-state index contributed by atoms with van der Waals surface area (Å²) in [5, 5.41) is 10.6. The minimum Gasteiger partial charge on any atom is -0.517 e. The van der Waals surface area contributed by atoms with Crippen LogP contribution in [0.2, 0.25) is 0 Å². The van der Waals surface area contributed by atoms with Gasteiger partial charge >= 0.3 is 64.0 Å². The molecule has 1 aromatic rings. The van der Waals surface area contributed by atoms with Gasteiger partial charge < -0.3 is 22.4 Å². The van der Waals surface area contributed by atoms with Crippen molar-refractivity contribution in [3.8, 4) is 11.5 Å². The molecule has 0 saturated heterocycles. The monoisotopic (exact) mass is 289 g/mol. The van der Waals surface area contributed by atoms with Crippen molar-refractivity contribution in [1.29, 1.82) is 0 Å². The first-order valence-corrected chi connectivity index (χ1v) is 4.49. The summed E-state index contributed by atoms with van der Waals surface area (Å²) in [6, 6.07) is 3.35. The molecule has 0 atom stereocenters. The molecule has 0 aliphatic carbocycles. The summed E-state index contributed by atoms with van der Waals surface area (Å²) in [5.41, 5.74) is -0.565. The van der Waals surface area contributed by atoms with E-state index in [0.717, 1.165) is 12.1 Å². The smallest absolute Gasteiger partial charge is 0.517 e. The number of methoxy groups -OCH3 is 1. The van der Waals surface area contributed by atoms with Crippen LogP contribution in [-0.4, -0.2) is 25.5 Å². The van der Waals surface area contributed by atoms with Gasteiger partial charge in [0.2, 0.25) is 0 Å². The average molecular weight is 289 g/mol. The number of hydrogen-bond acceptors (Lipinski definition) is 4. The molecule has 1 rings (SSSR count). The van der Waals surface area contributed by atoms with E-state index in [0.29, 0.717) is 0 Å². The molecule has 0 fully saturated rings. The number of hydrogen-bond donors (Lipinski definition) is 0. The van der Waals surface area contributed by atoms with E-state index < -0.39 is 29.8 Å². The minimum absolute atomic E-state index is 0. The van der Waals surface area contributed by atoms with E-state index in [2.05, 4.69) is 4.74 Å². The molecule has 1 aromatic carbocycles. The molecule has 0 bridgehead atoms. The third-order valence-electron chi connectivity index (χ3n) is 1.79. The number of nitrogens with zero attached hydrogens (tertiary/aromatic N) is 1. The van der Waals surface area contributed by atoms with Crippen LogP contribution >= 0.6 is 0 Å². The molecule has 0 aromatic heterocycles. The maximum absolute atomic E-state index is 12.0. The zero-order chi connectivity index (χ0) is 13.1. The third-order valence-corrected chi connectivity index (χ3v) is 1.79. The maximum atomic E-state index is 12.0. The van der Waals surface area contributed by atoms with Crippen LogP contribution < -0.4 is 60.9 Å². The van der Waals surface area contributed by atoms with Crippen molar-refractivity contribution in [2.24, 2.45) is 0 Å². The van der Waals surface area contributed by atoms with Crippen LogP contribution in [0.1, 0.15) is 0 Å². The summed E-state index contributed by atoms with van der Waals surface area (Å²) in [7, 11) is 1.29. The van der Waals surface area contributed by atoms with E-state index in [1.807, 2.05) is 0 Å². The van der Waals surface area contributed by atoms with Crippen LogP contribution in [-0.2, 0) is 0 Å². The van der Waals surface area contributed by atoms with E-state index >= 15 is 0 Å². The van der Waals surface area contributed by atoms with Crippen LogP contribution in [0, 0.1) is 10.1 Å². The number of benzene rings is 1. The minimum atomic E-state index is -5.15. The van der Waals surface area contributed by atoms with Gasteiger partial charge in [-0.05, 0) is 12.1 Å². The second-order valence-corrected chi connectivity index (χ2v) is 3.11. The largest absolute Gasteiger partial charge is 1.00 e. The predicted octanol–water partition coefficient (Wildman–Crippen LogP) is -0.627. The number of rotatable bonds is 5. The van der Waals surface area contributed by atoms with Crippen molar-refractivity contribution < 1.29 is 78.7 Å². The first-order chi connectivity index (χ1) is 7.83. The van der Waals surface area contributed by atoms with Gasteiger partial charge in [-0.2, -0.15) is 0 Å². The molecule has 0 heterocycles. The first-order valence-electron chi connectivity index (χ1n) is 4.49. The average Bonchev–Trinajstić information content (AvgIpc) is 2.25. The summed E-state index contributed by atoms with van der Waals surface area (Å²) in [6.07, 6.45) is 0. The number of nitro benzene ring substituents is 1. The molecule has 94 valence electrons. The zero-order valence-electron chi connectivity index (χ0n) is 9.73. The summed E-state index contributed by atoms with van der Waals surface area (Å²) in [4.78, 5) is 9.78. The molecular weight excluding hydrogens is 281 g/mol. The van der Waals surface area contributed by atoms with Crippen LogP contribution in [0.25, 0.3) is 0 Å². The fourth-order valence-corrected chi connectivity index (χ4v) is 1.07. The molecule has 0 saturated carbocycles. The molecule has 0 amide bonds. The molecule has 0 radical (unpaired) electrons. The Labute approximate surface area is 143 Å². The third kappa shape index (κ3) is 5.57. The fourth-order valence-electron chi connectivity index (χ4n) is 1.07. The van der Waals surface area contributed by atoms with E-state index in [9.17, 15) is 23.1 Å². The first kappa shape index (κ1) is 17.7. The summed E-state index contributed by atoms with van der Waals surface area (Å²) in [6.45, 7) is -6.68. The van der Waals surface area contributed by atoms with Gasteiger partial charge in [-0.15, -0.1) is 0 Å². The van der Waals surface area contributed by atoms with Gasteiger partial charge in [0, 0.05) is 0 Å². The van der Waals surface area contributed by atoms with Gasteiger partial charge in [0.05, 0.1) is 24.6 Å². The van der Waals surface area contributed by atoms with Gasteiger partial charge in [-0.1, -0.05) is 0 Å². The molecule has 5 nitrogen and oxygen atoms in total. The summed E-state index contributed by atoms with van der Waals surface area (Å²) < 4.78 is 45.0. The van der Waals surface area contributed by atoms with Gasteiger partial charge in [0.15, 0.2) is 5.75 Å². The molecule has 18 heavy (non-hydrogen) atoms. The Morgan fingerprint density at radius 2 is 2.00 bits per heavy atom. The molecule has 0 spiro atoms. The van der Waals surface area contributed by atoms with E-state index in [1.165, 1.54) is 13.2 Å². The Balaban J connectivity index is 0.00000289. The maximum Gasteiger partial charge on any atom is 1.00 e. The van der Waals surface area contributed by atoms with Crippen LogP contribution in [0.5, 0.6) is 11.5 Å². The molecule has 0 N–H and O–H groups in total. The van der Waals surface area contributed by atoms with Crippen molar-refractivity contribution in [2.75, 3.05) is 13.6 Å². The molecular formula is C8H8BF3KNO4. The van der Waals surface area contributed by atoms with E-state index in [1.54, 1.807) is 0 Å². The second kappa shape index (κ2) is 7.34. The quantitative estimate of drug-likeness (QED) is 0.411. The molecule has 10 heteroatoms. The predicted molar refractivity (Wildman–Crippen MR) is 54.2 cm³/mol. The van der Waals surface area contributed by atoms with Crippen molar-refractivity contribution in [3.63, 3.8) is 0 Å². The Bertz CT molecular complexity index is 429. The Hall–Kier alpha value is -0.289. The Morgan fingerprint density at radius 1 is 1.39 bits per heavy atom. The van der Waals surface area contributed by atoms with Crippen LogP contribution in [0.3, 0.4) is 0 Å². The van der Waals surface area contributed by atoms with Crippen molar-refractivity contribution >= 4 is 12.7 Å². The van der Waals surface area contributed by atoms with Crippen molar-refractivity contribution in [1.82, 2.24) is 0 Å². The van der Waals surface area contributed by atoms with Crippen molar-refractivity contribution in [3.05, 3.63) is 28.3 Å². The van der Waals surface area contributed by atoms with Crippen LogP contribution in [0.4, 0.5) is 18.6 Å². The Morgan fingerprint density at radius 3 is 2.44 bits per heavy atom. The SMILES string of the molecule is COc1ccc(OC[B-](F)(F)F)c([N+](=O)[O-])c1.[K+]. The Kier molecular flexibility index (Phi) is 7.22. The van der Waals surface area contributed by atoms with Gasteiger partial charge in [-0.3, -0.25) is 10.1 Å². The van der Waals surface area contributed by atoms with Crippen LogP contribution in [0.15, 0.2) is 18.2 Å². The van der Waals surface area contributed by atoms with Crippen molar-refractivity contribution in [2.45, 2.75) is 0 Å². The number of ether oxygens (including phenoxy) is 2. The molecule has 0 aliphatic rings. The molecule has 0 unspecified atom stereocenters. The normalized spacial score (nSPS) is 10.4. The van der Waals surface area contributed by atoms with E-state index in [-0.39, 0.29) is 57.1 Å². The summed E-state index contributed by atoms with van der Waals surface area (Å²) >= 11 is 0. The van der Waals surface area contributed by atoms with E-state index in [4.69, 9.17) is 4.74 Å².